The molecule has 2 atom stereocenters. The topological polar surface area (TPSA) is 90.7 Å². The van der Waals surface area contributed by atoms with E-state index < -0.39 is 52.8 Å². The van der Waals surface area contributed by atoms with Gasteiger partial charge in [-0.15, -0.1) is 0 Å². The molecule has 202 valence electrons. The van der Waals surface area contributed by atoms with E-state index in [1.807, 2.05) is 0 Å². The van der Waals surface area contributed by atoms with E-state index in [9.17, 15) is 27.6 Å². The average Bonchev–Trinajstić information content (AvgIpc) is 3.23. The molecular weight excluding hydrogens is 559 g/mol. The highest BCUT2D eigenvalue weighted by Crippen LogP contribution is 2.53. The van der Waals surface area contributed by atoms with Gasteiger partial charge in [-0.3, -0.25) is 9.69 Å². The molecule has 0 N–H and O–H groups in total. The summed E-state index contributed by atoms with van der Waals surface area (Å²) in [6.45, 7) is 8.24. The molecule has 0 radical (unpaired) electrons. The van der Waals surface area contributed by atoms with Crippen molar-refractivity contribution in [2.45, 2.75) is 89.7 Å². The molecule has 2 aliphatic rings. The van der Waals surface area contributed by atoms with E-state index in [2.05, 4.69) is 21.0 Å². The Morgan fingerprint density at radius 2 is 1.86 bits per heavy atom. The first-order chi connectivity index (χ1) is 17.1. The predicted molar refractivity (Wildman–Crippen MR) is 131 cm³/mol. The van der Waals surface area contributed by atoms with Gasteiger partial charge in [-0.2, -0.15) is 18.3 Å². The number of hydrogen-bond acceptors (Lipinski definition) is 6. The molecule has 1 aromatic carbocycles. The van der Waals surface area contributed by atoms with Gasteiger partial charge in [-0.05, 0) is 71.9 Å². The van der Waals surface area contributed by atoms with Crippen LogP contribution in [0.1, 0.15) is 70.5 Å². The van der Waals surface area contributed by atoms with Gasteiger partial charge < -0.3 is 9.47 Å². The lowest BCUT2D eigenvalue weighted by Gasteiger charge is -2.33. The van der Waals surface area contributed by atoms with Crippen molar-refractivity contribution in [3.8, 4) is 0 Å². The van der Waals surface area contributed by atoms with Gasteiger partial charge in [0.2, 0.25) is 6.04 Å². The lowest BCUT2D eigenvalue weighted by Crippen LogP contribution is -2.51. The largest absolute Gasteiger partial charge is 0.464 e. The zero-order chi connectivity index (χ0) is 27.5. The van der Waals surface area contributed by atoms with Crippen molar-refractivity contribution in [3.63, 3.8) is 0 Å². The summed E-state index contributed by atoms with van der Waals surface area (Å²) in [5.74, 6) is -1.63. The summed E-state index contributed by atoms with van der Waals surface area (Å²) in [5.41, 5.74) is -1.85. The second kappa shape index (κ2) is 9.28. The molecule has 2 fully saturated rings. The zero-order valence-corrected chi connectivity index (χ0v) is 22.8. The van der Waals surface area contributed by atoms with Gasteiger partial charge in [-0.1, -0.05) is 15.9 Å². The van der Waals surface area contributed by atoms with Crippen LogP contribution < -0.4 is 0 Å². The number of carbonyl (C=O) groups is 3. The summed E-state index contributed by atoms with van der Waals surface area (Å²) in [4.78, 5) is 41.6. The van der Waals surface area contributed by atoms with Crippen LogP contribution in [0.4, 0.5) is 18.0 Å². The number of aromatic nitrogens is 2. The lowest BCUT2D eigenvalue weighted by molar-refractivity contribution is -0.152. The summed E-state index contributed by atoms with van der Waals surface area (Å²) in [6.07, 6.45) is -2.04. The number of amides is 1. The van der Waals surface area contributed by atoms with E-state index in [1.54, 1.807) is 34.6 Å². The van der Waals surface area contributed by atoms with E-state index in [4.69, 9.17) is 9.47 Å². The van der Waals surface area contributed by atoms with E-state index in [-0.39, 0.29) is 22.0 Å². The van der Waals surface area contributed by atoms with Crippen LogP contribution in [0.15, 0.2) is 16.7 Å². The maximum Gasteiger partial charge on any atom is 0.417 e. The number of nitrogens with zero attached hydrogens (tertiary/aromatic N) is 3. The number of fused-ring (bicyclic) bond motifs is 1. The molecule has 37 heavy (non-hydrogen) atoms. The average molecular weight is 588 g/mol. The Labute approximate surface area is 220 Å². The number of Topliss-reactive ketones (excluding diaryl/α,β-unsaturated/α-hetero) is 1. The maximum atomic E-state index is 13.9. The molecule has 1 spiro atoms. The summed E-state index contributed by atoms with van der Waals surface area (Å²) < 4.78 is 53.3. The first-order valence-electron chi connectivity index (χ1n) is 12.1. The fourth-order valence-corrected chi connectivity index (χ4v) is 5.36. The Morgan fingerprint density at radius 3 is 2.41 bits per heavy atom. The molecule has 12 heteroatoms. The normalized spacial score (nSPS) is 19.8. The van der Waals surface area contributed by atoms with Gasteiger partial charge in [0.05, 0.1) is 23.7 Å². The van der Waals surface area contributed by atoms with Gasteiger partial charge in [0.15, 0.2) is 5.78 Å². The first kappa shape index (κ1) is 27.4. The number of halogens is 4. The number of aryl methyl sites for hydroxylation is 1. The van der Waals surface area contributed by atoms with Crippen LogP contribution in [0.2, 0.25) is 0 Å². The molecule has 8 nitrogen and oxygen atoms in total. The molecular formula is C25H29BrF3N3O5. The molecule has 2 aromatic rings. The fraction of sp³-hybridized carbons (Fsp3) is 0.600. The lowest BCUT2D eigenvalue weighted by atomic mass is 10.0. The summed E-state index contributed by atoms with van der Waals surface area (Å²) >= 11 is 3.14. The second-order valence-electron chi connectivity index (χ2n) is 10.6. The van der Waals surface area contributed by atoms with E-state index in [0.717, 1.165) is 16.9 Å². The number of ether oxygens (including phenoxy) is 2. The summed E-state index contributed by atoms with van der Waals surface area (Å²) in [6, 6.07) is -1.73. The van der Waals surface area contributed by atoms with E-state index >= 15 is 0 Å². The van der Waals surface area contributed by atoms with Crippen molar-refractivity contribution in [3.05, 3.63) is 27.9 Å². The SMILES string of the molecule is CCOC(=O)C(C(=O)[C@@H]1CCC2(CC2)N1C(=O)OC(C)(C)C)n1cc2c(C(F)(F)F)cc(Br)c(C)c2n1. The molecule has 1 aliphatic heterocycles. The molecule has 1 aliphatic carbocycles. The molecule has 1 amide bonds. The second-order valence-corrected chi connectivity index (χ2v) is 11.4. The quantitative estimate of drug-likeness (QED) is 0.328. The highest BCUT2D eigenvalue weighted by Gasteiger charge is 2.60. The minimum atomic E-state index is -4.69. The van der Waals surface area contributed by atoms with Gasteiger partial charge >= 0.3 is 18.2 Å². The third-order valence-electron chi connectivity index (χ3n) is 6.81. The van der Waals surface area contributed by atoms with Crippen molar-refractivity contribution in [1.82, 2.24) is 14.7 Å². The Balaban J connectivity index is 1.80. The minimum Gasteiger partial charge on any atom is -0.464 e. The Bertz CT molecular complexity index is 1260. The number of alkyl halides is 3. The van der Waals surface area contributed by atoms with Crippen LogP contribution >= 0.6 is 15.9 Å². The summed E-state index contributed by atoms with van der Waals surface area (Å²) in [7, 11) is 0. The molecule has 0 bridgehead atoms. The Morgan fingerprint density at radius 1 is 1.22 bits per heavy atom. The first-order valence-corrected chi connectivity index (χ1v) is 12.9. The number of benzene rings is 1. The van der Waals surface area contributed by atoms with Crippen LogP contribution in [-0.4, -0.2) is 56.3 Å². The third-order valence-corrected chi connectivity index (χ3v) is 7.63. The smallest absolute Gasteiger partial charge is 0.417 e. The van der Waals surface area contributed by atoms with Crippen molar-refractivity contribution >= 4 is 44.7 Å². The molecule has 1 saturated heterocycles. The zero-order valence-electron chi connectivity index (χ0n) is 21.2. The van der Waals surface area contributed by atoms with Gasteiger partial charge in [0.25, 0.3) is 0 Å². The van der Waals surface area contributed by atoms with Gasteiger partial charge in [0, 0.05) is 21.6 Å². The monoisotopic (exact) mass is 587 g/mol. The third kappa shape index (κ3) is 5.08. The van der Waals surface area contributed by atoms with Crippen LogP contribution in [0.25, 0.3) is 10.9 Å². The maximum absolute atomic E-state index is 13.9. The molecule has 2 heterocycles. The van der Waals surface area contributed by atoms with E-state index in [1.165, 1.54) is 4.90 Å². The Kier molecular flexibility index (Phi) is 6.88. The molecule has 1 aromatic heterocycles. The predicted octanol–water partition coefficient (Wildman–Crippen LogP) is 5.73. The molecule has 1 saturated carbocycles. The summed E-state index contributed by atoms with van der Waals surface area (Å²) in [5, 5.41) is 4.01. The minimum absolute atomic E-state index is 0.00196. The van der Waals surface area contributed by atoms with Crippen LogP contribution in [0, 0.1) is 6.92 Å². The van der Waals surface area contributed by atoms with Crippen molar-refractivity contribution in [1.29, 1.82) is 0 Å². The standard InChI is InChI=1S/C25H29BrF3N3O5/c1-6-36-21(34)19(31-12-14-15(25(27,28)29)11-16(26)13(2)18(14)30-31)20(33)17-7-8-24(9-10-24)32(17)22(35)37-23(3,4)5/h11-12,17,19H,6-10H2,1-5H3/t17-,19?/m0/s1. The highest BCUT2D eigenvalue weighted by molar-refractivity contribution is 9.10. The number of esters is 1. The van der Waals surface area contributed by atoms with Crippen molar-refractivity contribution < 1.29 is 37.0 Å². The number of carbonyl (C=O) groups excluding carboxylic acids is 3. The fourth-order valence-electron chi connectivity index (χ4n) is 4.94. The van der Waals surface area contributed by atoms with Crippen LogP contribution in [0.3, 0.4) is 0 Å². The van der Waals surface area contributed by atoms with Crippen molar-refractivity contribution in [2.75, 3.05) is 6.61 Å². The number of likely N-dealkylation sites (tertiary alicyclic amines) is 1. The van der Waals surface area contributed by atoms with Crippen molar-refractivity contribution in [2.24, 2.45) is 0 Å². The number of hydrogen-bond donors (Lipinski definition) is 0. The number of rotatable bonds is 5. The van der Waals surface area contributed by atoms with E-state index in [0.29, 0.717) is 31.2 Å². The number of ketones is 1. The van der Waals surface area contributed by atoms with Crippen LogP contribution in [0.5, 0.6) is 0 Å². The van der Waals surface area contributed by atoms with Crippen LogP contribution in [-0.2, 0) is 25.2 Å². The molecule has 4 rings (SSSR count). The van der Waals surface area contributed by atoms with Gasteiger partial charge in [0.1, 0.15) is 5.60 Å². The highest BCUT2D eigenvalue weighted by atomic mass is 79.9. The van der Waals surface area contributed by atoms with Gasteiger partial charge in [-0.25, -0.2) is 14.3 Å². The molecule has 1 unspecified atom stereocenters. The Hall–Kier alpha value is -2.63.